The molecule has 0 spiro atoms. The Morgan fingerprint density at radius 1 is 1.15 bits per heavy atom. The number of anilines is 1. The van der Waals surface area contributed by atoms with Gasteiger partial charge in [-0.05, 0) is 72.4 Å². The zero-order valence-corrected chi connectivity index (χ0v) is 18.4. The van der Waals surface area contributed by atoms with Crippen molar-refractivity contribution < 1.29 is 18.3 Å². The van der Waals surface area contributed by atoms with Crippen LogP contribution in [0.15, 0.2) is 65.2 Å². The molecule has 33 heavy (non-hydrogen) atoms. The first-order valence-corrected chi connectivity index (χ1v) is 11.0. The lowest BCUT2D eigenvalue weighted by atomic mass is 10.1. The van der Waals surface area contributed by atoms with Gasteiger partial charge in [0.2, 0.25) is 0 Å². The second-order valence-electron chi connectivity index (χ2n) is 7.95. The van der Waals surface area contributed by atoms with E-state index in [1.807, 2.05) is 6.07 Å². The fourth-order valence-electron chi connectivity index (χ4n) is 3.92. The molecule has 0 bridgehead atoms. The van der Waals surface area contributed by atoms with E-state index in [0.717, 1.165) is 24.2 Å². The van der Waals surface area contributed by atoms with Crippen molar-refractivity contribution >= 4 is 23.3 Å². The molecule has 1 aliphatic rings. The molecule has 0 fully saturated rings. The van der Waals surface area contributed by atoms with Crippen LogP contribution in [0.1, 0.15) is 39.4 Å². The number of amides is 1. The van der Waals surface area contributed by atoms with Crippen molar-refractivity contribution in [2.24, 2.45) is 0 Å². The molecule has 1 N–H and O–H groups in total. The van der Waals surface area contributed by atoms with E-state index in [0.29, 0.717) is 12.3 Å². The van der Waals surface area contributed by atoms with Crippen LogP contribution in [0.2, 0.25) is 5.02 Å². The fourth-order valence-corrected chi connectivity index (χ4v) is 4.12. The minimum atomic E-state index is -0.475. The first kappa shape index (κ1) is 21.3. The topological polar surface area (TPSA) is 69.3 Å². The van der Waals surface area contributed by atoms with Gasteiger partial charge in [0.15, 0.2) is 11.6 Å². The first-order chi connectivity index (χ1) is 16.0. The number of aromatic nitrogens is 2. The van der Waals surface area contributed by atoms with Gasteiger partial charge >= 0.3 is 0 Å². The molecule has 0 aliphatic heterocycles. The molecular weight excluding hydrogens is 445 g/mol. The standard InChI is InChI=1S/C25H21ClFN3O3/c26-22-14-30(13-16-3-1-6-19(27)11-16)29-24(22)28-25(31)23-10-9-21(33-23)15-32-20-8-7-17-4-2-5-18(17)12-20/h1,3,6-12,14H,2,4-5,13,15H2,(H,28,29,31). The van der Waals surface area contributed by atoms with Crippen LogP contribution in [0.25, 0.3) is 0 Å². The SMILES string of the molecule is O=C(Nc1nn(Cc2cccc(F)c2)cc1Cl)c1ccc(COc2ccc3c(c2)CCC3)o1. The third-order valence-corrected chi connectivity index (χ3v) is 5.80. The number of furan rings is 1. The molecule has 0 radical (unpaired) electrons. The number of carbonyl (C=O) groups excluding carboxylic acids is 1. The predicted molar refractivity (Wildman–Crippen MR) is 122 cm³/mol. The maximum atomic E-state index is 13.4. The number of rotatable bonds is 7. The van der Waals surface area contributed by atoms with Crippen LogP contribution in [0.3, 0.4) is 0 Å². The summed E-state index contributed by atoms with van der Waals surface area (Å²) < 4.78 is 26.4. The quantitative estimate of drug-likeness (QED) is 0.383. The van der Waals surface area contributed by atoms with Gasteiger partial charge < -0.3 is 14.5 Å². The van der Waals surface area contributed by atoms with Crippen molar-refractivity contribution in [3.63, 3.8) is 0 Å². The highest BCUT2D eigenvalue weighted by atomic mass is 35.5. The number of hydrogen-bond acceptors (Lipinski definition) is 4. The van der Waals surface area contributed by atoms with Gasteiger partial charge in [-0.3, -0.25) is 9.48 Å². The van der Waals surface area contributed by atoms with Crippen molar-refractivity contribution in [1.82, 2.24) is 9.78 Å². The molecule has 2 aromatic carbocycles. The van der Waals surface area contributed by atoms with Crippen LogP contribution in [-0.4, -0.2) is 15.7 Å². The third-order valence-electron chi connectivity index (χ3n) is 5.52. The van der Waals surface area contributed by atoms with E-state index < -0.39 is 5.91 Å². The summed E-state index contributed by atoms with van der Waals surface area (Å²) in [5, 5.41) is 7.19. The van der Waals surface area contributed by atoms with Crippen molar-refractivity contribution in [3.8, 4) is 5.75 Å². The number of halogens is 2. The largest absolute Gasteiger partial charge is 0.486 e. The number of hydrogen-bond donors (Lipinski definition) is 1. The summed E-state index contributed by atoms with van der Waals surface area (Å²) in [7, 11) is 0. The number of nitrogens with one attached hydrogen (secondary N) is 1. The Bertz CT molecular complexity index is 1310. The van der Waals surface area contributed by atoms with Gasteiger partial charge in [0.25, 0.3) is 5.91 Å². The van der Waals surface area contributed by atoms with Crippen molar-refractivity contribution in [2.45, 2.75) is 32.4 Å². The van der Waals surface area contributed by atoms with Crippen LogP contribution < -0.4 is 10.1 Å². The van der Waals surface area contributed by atoms with Gasteiger partial charge in [0, 0.05) is 6.20 Å². The lowest BCUT2D eigenvalue weighted by molar-refractivity contribution is 0.0992. The summed E-state index contributed by atoms with van der Waals surface area (Å²) in [5.74, 6) is 0.838. The van der Waals surface area contributed by atoms with Gasteiger partial charge in [-0.2, -0.15) is 5.10 Å². The molecule has 4 aromatic rings. The van der Waals surface area contributed by atoms with E-state index in [4.69, 9.17) is 20.8 Å². The molecule has 1 aliphatic carbocycles. The van der Waals surface area contributed by atoms with Gasteiger partial charge in [0.1, 0.15) is 29.0 Å². The average Bonchev–Trinajstić information content (AvgIpc) is 3.52. The van der Waals surface area contributed by atoms with Gasteiger partial charge in [0.05, 0.1) is 6.54 Å². The molecule has 0 atom stereocenters. The van der Waals surface area contributed by atoms with Crippen LogP contribution in [0, 0.1) is 5.82 Å². The molecule has 2 aromatic heterocycles. The van der Waals surface area contributed by atoms with Crippen LogP contribution in [0.5, 0.6) is 5.75 Å². The number of carbonyl (C=O) groups is 1. The molecule has 5 rings (SSSR count). The minimum absolute atomic E-state index is 0.123. The molecular formula is C25H21ClFN3O3. The molecule has 8 heteroatoms. The van der Waals surface area contributed by atoms with E-state index in [9.17, 15) is 9.18 Å². The van der Waals surface area contributed by atoms with Gasteiger partial charge in [-0.1, -0.05) is 29.8 Å². The summed E-state index contributed by atoms with van der Waals surface area (Å²) in [6.45, 7) is 0.535. The Balaban J connectivity index is 1.20. The van der Waals surface area contributed by atoms with Crippen molar-refractivity contribution in [3.05, 3.63) is 99.8 Å². The monoisotopic (exact) mass is 465 g/mol. The van der Waals surface area contributed by atoms with E-state index in [2.05, 4.69) is 22.5 Å². The zero-order chi connectivity index (χ0) is 22.8. The molecule has 0 unspecified atom stereocenters. The molecule has 168 valence electrons. The number of benzene rings is 2. The number of fused-ring (bicyclic) bond motifs is 1. The number of ether oxygens (including phenoxy) is 1. The molecule has 0 saturated carbocycles. The van der Waals surface area contributed by atoms with Gasteiger partial charge in [-0.15, -0.1) is 0 Å². The summed E-state index contributed by atoms with van der Waals surface area (Å²) in [4.78, 5) is 12.6. The normalized spacial score (nSPS) is 12.5. The Kier molecular flexibility index (Phi) is 5.88. The highest BCUT2D eigenvalue weighted by molar-refractivity contribution is 6.33. The molecule has 1 amide bonds. The maximum absolute atomic E-state index is 13.4. The van der Waals surface area contributed by atoms with Crippen LogP contribution in [0.4, 0.5) is 10.2 Å². The van der Waals surface area contributed by atoms with Crippen molar-refractivity contribution in [2.75, 3.05) is 5.32 Å². The summed E-state index contributed by atoms with van der Waals surface area (Å²) in [5.41, 5.74) is 3.45. The maximum Gasteiger partial charge on any atom is 0.292 e. The van der Waals surface area contributed by atoms with Crippen molar-refractivity contribution in [1.29, 1.82) is 0 Å². The smallest absolute Gasteiger partial charge is 0.292 e. The summed E-state index contributed by atoms with van der Waals surface area (Å²) >= 11 is 6.21. The zero-order valence-electron chi connectivity index (χ0n) is 17.7. The summed E-state index contributed by atoms with van der Waals surface area (Å²) in [6, 6.07) is 15.6. The first-order valence-electron chi connectivity index (χ1n) is 10.7. The Morgan fingerprint density at radius 3 is 2.91 bits per heavy atom. The summed E-state index contributed by atoms with van der Waals surface area (Å²) in [6.07, 6.45) is 4.96. The molecule has 2 heterocycles. The van der Waals surface area contributed by atoms with E-state index >= 15 is 0 Å². The lowest BCUT2D eigenvalue weighted by Gasteiger charge is -2.06. The fraction of sp³-hybridized carbons (Fsp3) is 0.200. The van der Waals surface area contributed by atoms with Crippen LogP contribution in [-0.2, 0) is 26.0 Å². The highest BCUT2D eigenvalue weighted by Crippen LogP contribution is 2.27. The Hall–Kier alpha value is -3.58. The predicted octanol–water partition coefficient (Wildman–Crippen LogP) is 5.64. The molecule has 0 saturated heterocycles. The van der Waals surface area contributed by atoms with E-state index in [1.165, 1.54) is 34.4 Å². The Labute approximate surface area is 194 Å². The average molecular weight is 466 g/mol. The highest BCUT2D eigenvalue weighted by Gasteiger charge is 2.17. The number of nitrogens with zero attached hydrogens (tertiary/aromatic N) is 2. The van der Waals surface area contributed by atoms with Gasteiger partial charge in [-0.25, -0.2) is 4.39 Å². The van der Waals surface area contributed by atoms with E-state index in [1.54, 1.807) is 30.5 Å². The third kappa shape index (κ3) is 4.93. The lowest BCUT2D eigenvalue weighted by Crippen LogP contribution is -2.12. The van der Waals surface area contributed by atoms with E-state index in [-0.39, 0.29) is 29.0 Å². The molecule has 6 nitrogen and oxygen atoms in total. The second kappa shape index (κ2) is 9.11. The van der Waals surface area contributed by atoms with Crippen LogP contribution >= 0.6 is 11.6 Å². The Morgan fingerprint density at radius 2 is 2.03 bits per heavy atom. The second-order valence-corrected chi connectivity index (χ2v) is 8.35. The minimum Gasteiger partial charge on any atom is -0.486 e. The number of aryl methyl sites for hydroxylation is 2.